The molecule has 27 heavy (non-hydrogen) atoms. The highest BCUT2D eigenvalue weighted by Gasteiger charge is 2.31. The van der Waals surface area contributed by atoms with Crippen LogP contribution in [0.4, 0.5) is 11.5 Å². The van der Waals surface area contributed by atoms with Gasteiger partial charge in [0.1, 0.15) is 0 Å². The van der Waals surface area contributed by atoms with Gasteiger partial charge in [0.2, 0.25) is 5.91 Å². The second-order valence-corrected chi connectivity index (χ2v) is 7.13. The van der Waals surface area contributed by atoms with Crippen molar-refractivity contribution < 1.29 is 4.79 Å². The number of carbonyl (C=O) groups is 1. The van der Waals surface area contributed by atoms with Gasteiger partial charge in [-0.05, 0) is 18.1 Å². The number of amides is 1. The van der Waals surface area contributed by atoms with E-state index < -0.39 is 0 Å². The maximum atomic E-state index is 11.9. The number of fused-ring (bicyclic) bond motifs is 2. The number of hydrogen-bond acceptors (Lipinski definition) is 7. The molecule has 0 unspecified atom stereocenters. The van der Waals surface area contributed by atoms with Crippen molar-refractivity contribution in [2.45, 2.75) is 26.3 Å². The fourth-order valence-corrected chi connectivity index (χ4v) is 4.14. The molecule has 9 nitrogen and oxygen atoms in total. The minimum atomic E-state index is 0.116. The molecule has 5 rings (SSSR count). The zero-order chi connectivity index (χ0) is 18.5. The second kappa shape index (κ2) is 5.98. The van der Waals surface area contributed by atoms with E-state index in [0.717, 1.165) is 54.4 Å². The minimum absolute atomic E-state index is 0.116. The van der Waals surface area contributed by atoms with Gasteiger partial charge in [-0.1, -0.05) is 12.1 Å². The quantitative estimate of drug-likeness (QED) is 0.708. The van der Waals surface area contributed by atoms with Crippen LogP contribution in [0.5, 0.6) is 0 Å². The van der Waals surface area contributed by atoms with Gasteiger partial charge in [-0.2, -0.15) is 5.10 Å². The molecule has 2 aromatic rings. The molecule has 1 aromatic heterocycles. The lowest BCUT2D eigenvalue weighted by Gasteiger charge is -2.28. The molecule has 3 N–H and O–H groups in total. The first-order valence-corrected chi connectivity index (χ1v) is 9.16. The van der Waals surface area contributed by atoms with Crippen LogP contribution in [0.15, 0.2) is 23.3 Å². The van der Waals surface area contributed by atoms with E-state index in [1.807, 2.05) is 16.6 Å². The molecule has 0 radical (unpaired) electrons. The van der Waals surface area contributed by atoms with E-state index in [9.17, 15) is 4.79 Å². The van der Waals surface area contributed by atoms with Crippen molar-refractivity contribution in [2.75, 3.05) is 18.0 Å². The summed E-state index contributed by atoms with van der Waals surface area (Å²) < 4.78 is 1.97. The van der Waals surface area contributed by atoms with E-state index in [-0.39, 0.29) is 5.91 Å². The summed E-state index contributed by atoms with van der Waals surface area (Å²) in [7, 11) is 1.99. The lowest BCUT2D eigenvalue weighted by molar-refractivity contribution is -0.129. The average Bonchev–Trinajstić information content (AvgIpc) is 3.40. The number of hydrazine groups is 2. The summed E-state index contributed by atoms with van der Waals surface area (Å²) in [6.45, 7) is 3.91. The van der Waals surface area contributed by atoms with E-state index in [1.54, 1.807) is 6.92 Å². The molecule has 0 bridgehead atoms. The summed E-state index contributed by atoms with van der Waals surface area (Å²) in [6.07, 6.45) is 1.82. The summed E-state index contributed by atoms with van der Waals surface area (Å²) in [4.78, 5) is 16.1. The maximum Gasteiger partial charge on any atom is 0.219 e. The molecule has 0 atom stereocenters. The van der Waals surface area contributed by atoms with Crippen LogP contribution >= 0.6 is 0 Å². The zero-order valence-electron chi connectivity index (χ0n) is 15.4. The molecule has 0 saturated carbocycles. The number of nitrogens with zero attached hydrogens (tertiary/aromatic N) is 5. The van der Waals surface area contributed by atoms with Crippen LogP contribution in [-0.4, -0.2) is 39.5 Å². The molecular weight excluding hydrogens is 344 g/mol. The Kier molecular flexibility index (Phi) is 3.57. The molecule has 140 valence electrons. The first kappa shape index (κ1) is 16.1. The number of benzene rings is 1. The number of aromatic nitrogens is 2. The number of aryl methyl sites for hydroxylation is 1. The lowest BCUT2D eigenvalue weighted by Crippen LogP contribution is -2.35. The van der Waals surface area contributed by atoms with Gasteiger partial charge in [0.25, 0.3) is 0 Å². The standard InChI is InChI=1S/C18H22N8O/c1-11(27)25-7-6-15-14(10-25)18(21-24(15)2)26-8-5-12-3-4-13(9-16(12)26)17-19-22-23-20-17/h3-4,9,22-23H,5-8,10H2,1-2H3,(H,19,20). The van der Waals surface area contributed by atoms with Crippen molar-refractivity contribution in [3.8, 4) is 0 Å². The SMILES string of the molecule is CC(=O)N1CCc2c(c(N3CCc4ccc(C5=NNNN5)cc43)nn2C)C1. The largest absolute Gasteiger partial charge is 0.338 e. The van der Waals surface area contributed by atoms with Crippen molar-refractivity contribution in [3.63, 3.8) is 0 Å². The van der Waals surface area contributed by atoms with Gasteiger partial charge in [-0.15, -0.1) is 10.6 Å². The first-order chi connectivity index (χ1) is 13.1. The van der Waals surface area contributed by atoms with Gasteiger partial charge < -0.3 is 9.80 Å². The van der Waals surface area contributed by atoms with Crippen LogP contribution < -0.4 is 21.4 Å². The average molecular weight is 366 g/mol. The molecule has 1 amide bonds. The van der Waals surface area contributed by atoms with Crippen LogP contribution in [0.1, 0.15) is 29.3 Å². The van der Waals surface area contributed by atoms with Crippen LogP contribution in [0.3, 0.4) is 0 Å². The Labute approximate surface area is 156 Å². The number of carbonyl (C=O) groups excluding carboxylic acids is 1. The highest BCUT2D eigenvalue weighted by atomic mass is 16.2. The molecule has 0 spiro atoms. The highest BCUT2D eigenvalue weighted by Crippen LogP contribution is 2.38. The third kappa shape index (κ3) is 2.54. The van der Waals surface area contributed by atoms with Crippen molar-refractivity contribution in [1.82, 2.24) is 31.2 Å². The predicted octanol–water partition coefficient (Wildman–Crippen LogP) is 0.293. The van der Waals surface area contributed by atoms with E-state index in [0.29, 0.717) is 6.54 Å². The molecule has 0 aliphatic carbocycles. The molecule has 0 saturated heterocycles. The van der Waals surface area contributed by atoms with E-state index in [2.05, 4.69) is 44.7 Å². The fraction of sp³-hybridized carbons (Fsp3) is 0.389. The third-order valence-corrected chi connectivity index (χ3v) is 5.58. The molecule has 3 aliphatic rings. The normalized spacial score (nSPS) is 17.9. The van der Waals surface area contributed by atoms with Gasteiger partial charge in [0.05, 0.1) is 6.54 Å². The monoisotopic (exact) mass is 366 g/mol. The Hall–Kier alpha value is -3.07. The van der Waals surface area contributed by atoms with Crippen molar-refractivity contribution in [2.24, 2.45) is 12.1 Å². The number of rotatable bonds is 2. The molecule has 4 heterocycles. The maximum absolute atomic E-state index is 11.9. The van der Waals surface area contributed by atoms with Crippen LogP contribution in [0, 0.1) is 0 Å². The Balaban J connectivity index is 1.55. The minimum Gasteiger partial charge on any atom is -0.338 e. The zero-order valence-corrected chi connectivity index (χ0v) is 15.4. The second-order valence-electron chi connectivity index (χ2n) is 7.13. The van der Waals surface area contributed by atoms with Crippen molar-refractivity contribution in [3.05, 3.63) is 40.6 Å². The van der Waals surface area contributed by atoms with Gasteiger partial charge in [-0.25, -0.2) is 5.53 Å². The molecule has 0 fully saturated rings. The Morgan fingerprint density at radius 3 is 2.89 bits per heavy atom. The lowest BCUT2D eigenvalue weighted by atomic mass is 10.1. The Morgan fingerprint density at radius 2 is 2.11 bits per heavy atom. The molecular formula is C18H22N8O. The summed E-state index contributed by atoms with van der Waals surface area (Å²) in [5, 5.41) is 9.02. The number of anilines is 2. The van der Waals surface area contributed by atoms with Gasteiger partial charge in [0.15, 0.2) is 11.7 Å². The topological polar surface area (TPSA) is 89.8 Å². The highest BCUT2D eigenvalue weighted by molar-refractivity contribution is 6.00. The molecule has 9 heteroatoms. The van der Waals surface area contributed by atoms with E-state index in [4.69, 9.17) is 5.10 Å². The van der Waals surface area contributed by atoms with E-state index >= 15 is 0 Å². The first-order valence-electron chi connectivity index (χ1n) is 9.16. The Morgan fingerprint density at radius 1 is 1.22 bits per heavy atom. The van der Waals surface area contributed by atoms with Crippen LogP contribution in [-0.2, 0) is 31.2 Å². The fourth-order valence-electron chi connectivity index (χ4n) is 4.14. The van der Waals surface area contributed by atoms with Crippen molar-refractivity contribution in [1.29, 1.82) is 0 Å². The van der Waals surface area contributed by atoms with Gasteiger partial charge in [-0.3, -0.25) is 14.9 Å². The summed E-state index contributed by atoms with van der Waals surface area (Å²) in [5.41, 5.74) is 14.3. The van der Waals surface area contributed by atoms with Crippen LogP contribution in [0.2, 0.25) is 0 Å². The van der Waals surface area contributed by atoms with Gasteiger partial charge in [0, 0.05) is 56.0 Å². The van der Waals surface area contributed by atoms with E-state index in [1.165, 1.54) is 11.3 Å². The van der Waals surface area contributed by atoms with Crippen molar-refractivity contribution >= 4 is 23.2 Å². The number of nitrogens with one attached hydrogen (secondary N) is 3. The summed E-state index contributed by atoms with van der Waals surface area (Å²) in [6, 6.07) is 6.38. The predicted molar refractivity (Wildman–Crippen MR) is 101 cm³/mol. The molecule has 3 aliphatic heterocycles. The number of hydrazone groups is 1. The number of hydrogen-bond donors (Lipinski definition) is 3. The Bertz CT molecular complexity index is 963. The third-order valence-electron chi connectivity index (χ3n) is 5.58. The number of amidine groups is 1. The van der Waals surface area contributed by atoms with Gasteiger partial charge >= 0.3 is 0 Å². The molecule has 1 aromatic carbocycles. The van der Waals surface area contributed by atoms with Crippen LogP contribution in [0.25, 0.3) is 0 Å². The summed E-state index contributed by atoms with van der Waals surface area (Å²) in [5.74, 6) is 1.84. The summed E-state index contributed by atoms with van der Waals surface area (Å²) >= 11 is 0. The smallest absolute Gasteiger partial charge is 0.219 e.